The highest BCUT2D eigenvalue weighted by Crippen LogP contribution is 2.35. The van der Waals surface area contributed by atoms with Crippen LogP contribution >= 0.6 is 15.9 Å². The van der Waals surface area contributed by atoms with E-state index in [1.807, 2.05) is 48.5 Å². The van der Waals surface area contributed by atoms with Gasteiger partial charge in [0.05, 0.1) is 12.8 Å². The molecule has 2 aromatic rings. The van der Waals surface area contributed by atoms with Crippen LogP contribution in [0.4, 0.5) is 0 Å². The summed E-state index contributed by atoms with van der Waals surface area (Å²) in [6, 6.07) is 15.2. The van der Waals surface area contributed by atoms with Gasteiger partial charge >= 0.3 is 0 Å². The van der Waals surface area contributed by atoms with Gasteiger partial charge in [0.15, 0.2) is 0 Å². The summed E-state index contributed by atoms with van der Waals surface area (Å²) in [6.45, 7) is 0. The lowest BCUT2D eigenvalue weighted by Crippen LogP contribution is -2.12. The molecule has 1 heterocycles. The number of ether oxygens (including phenoxy) is 1. The zero-order chi connectivity index (χ0) is 14.1. The molecule has 0 bridgehead atoms. The van der Waals surface area contributed by atoms with Gasteiger partial charge < -0.3 is 10.1 Å². The summed E-state index contributed by atoms with van der Waals surface area (Å²) in [4.78, 5) is 11.9. The van der Waals surface area contributed by atoms with E-state index >= 15 is 0 Å². The van der Waals surface area contributed by atoms with Crippen LogP contribution in [-0.2, 0) is 0 Å². The van der Waals surface area contributed by atoms with E-state index in [1.54, 1.807) is 7.11 Å². The third-order valence-corrected chi connectivity index (χ3v) is 4.10. The first-order valence-electron chi connectivity index (χ1n) is 6.15. The molecule has 1 amide bonds. The smallest absolute Gasteiger partial charge is 0.256 e. The molecule has 3 nitrogen and oxygen atoms in total. The fourth-order valence-corrected chi connectivity index (χ4v) is 2.78. The van der Waals surface area contributed by atoms with Gasteiger partial charge in [-0.25, -0.2) is 0 Å². The SMILES string of the molecule is COc1ccc(C(Br)=C2NC(=O)c3ccccc32)cc1. The second-order valence-electron chi connectivity index (χ2n) is 4.42. The average molecular weight is 330 g/mol. The van der Waals surface area contributed by atoms with Crippen molar-refractivity contribution in [3.8, 4) is 5.75 Å². The Balaban J connectivity index is 2.08. The van der Waals surface area contributed by atoms with E-state index in [0.29, 0.717) is 5.56 Å². The van der Waals surface area contributed by atoms with Crippen molar-refractivity contribution in [2.24, 2.45) is 0 Å². The second kappa shape index (κ2) is 5.13. The summed E-state index contributed by atoms with van der Waals surface area (Å²) >= 11 is 3.58. The average Bonchev–Trinajstić information content (AvgIpc) is 2.84. The monoisotopic (exact) mass is 329 g/mol. The Bertz CT molecular complexity index is 705. The van der Waals surface area contributed by atoms with Gasteiger partial charge in [0.25, 0.3) is 5.91 Å². The maximum Gasteiger partial charge on any atom is 0.256 e. The molecule has 0 radical (unpaired) electrons. The van der Waals surface area contributed by atoms with E-state index in [4.69, 9.17) is 4.74 Å². The Kier molecular flexibility index (Phi) is 3.32. The summed E-state index contributed by atoms with van der Waals surface area (Å²) in [5, 5.41) is 2.91. The van der Waals surface area contributed by atoms with Gasteiger partial charge in [-0.2, -0.15) is 0 Å². The largest absolute Gasteiger partial charge is 0.497 e. The predicted molar refractivity (Wildman–Crippen MR) is 82.6 cm³/mol. The van der Waals surface area contributed by atoms with Gasteiger partial charge in [0, 0.05) is 15.6 Å². The molecule has 2 aromatic carbocycles. The zero-order valence-electron chi connectivity index (χ0n) is 10.8. The van der Waals surface area contributed by atoms with Gasteiger partial charge in [-0.15, -0.1) is 0 Å². The molecule has 0 saturated heterocycles. The lowest BCUT2D eigenvalue weighted by molar-refractivity contribution is 0.0981. The molecule has 0 aromatic heterocycles. The van der Waals surface area contributed by atoms with Gasteiger partial charge in [-0.05, 0) is 39.7 Å². The molecule has 0 saturated carbocycles. The maximum absolute atomic E-state index is 11.9. The number of hydrogen-bond donors (Lipinski definition) is 1. The summed E-state index contributed by atoms with van der Waals surface area (Å²) in [7, 11) is 1.63. The Morgan fingerprint density at radius 3 is 2.35 bits per heavy atom. The van der Waals surface area contributed by atoms with E-state index in [2.05, 4.69) is 21.2 Å². The number of carbonyl (C=O) groups excluding carboxylic acids is 1. The van der Waals surface area contributed by atoms with Crippen LogP contribution in [0.15, 0.2) is 48.5 Å². The molecule has 4 heteroatoms. The molecule has 0 spiro atoms. The number of hydrogen-bond acceptors (Lipinski definition) is 2. The Labute approximate surface area is 125 Å². The van der Waals surface area contributed by atoms with Crippen LogP contribution in [-0.4, -0.2) is 13.0 Å². The number of halogens is 1. The number of benzene rings is 2. The molecule has 3 rings (SSSR count). The van der Waals surface area contributed by atoms with Crippen molar-refractivity contribution < 1.29 is 9.53 Å². The molecular formula is C16H12BrNO2. The number of nitrogens with one attached hydrogen (secondary N) is 1. The van der Waals surface area contributed by atoms with Crippen LogP contribution in [0.25, 0.3) is 10.2 Å². The third kappa shape index (κ3) is 2.12. The van der Waals surface area contributed by atoms with Crippen molar-refractivity contribution in [3.63, 3.8) is 0 Å². The van der Waals surface area contributed by atoms with Crippen molar-refractivity contribution in [2.45, 2.75) is 0 Å². The summed E-state index contributed by atoms with van der Waals surface area (Å²) < 4.78 is 6.01. The minimum atomic E-state index is -0.0685. The number of fused-ring (bicyclic) bond motifs is 1. The van der Waals surface area contributed by atoms with Crippen LogP contribution < -0.4 is 10.1 Å². The minimum Gasteiger partial charge on any atom is -0.497 e. The van der Waals surface area contributed by atoms with E-state index in [1.165, 1.54) is 0 Å². The quantitative estimate of drug-likeness (QED) is 0.913. The van der Waals surface area contributed by atoms with Crippen LogP contribution in [0, 0.1) is 0 Å². The number of carbonyl (C=O) groups is 1. The predicted octanol–water partition coefficient (Wildman–Crippen LogP) is 3.66. The van der Waals surface area contributed by atoms with Gasteiger partial charge in [0.2, 0.25) is 0 Å². The van der Waals surface area contributed by atoms with Crippen LogP contribution in [0.2, 0.25) is 0 Å². The molecule has 0 atom stereocenters. The van der Waals surface area contributed by atoms with E-state index in [9.17, 15) is 4.79 Å². The normalized spacial score (nSPS) is 15.6. The van der Waals surface area contributed by atoms with Crippen LogP contribution in [0.5, 0.6) is 5.75 Å². The maximum atomic E-state index is 11.9. The molecule has 1 aliphatic heterocycles. The molecule has 0 unspecified atom stereocenters. The summed E-state index contributed by atoms with van der Waals surface area (Å²) in [6.07, 6.45) is 0. The van der Waals surface area contributed by atoms with Crippen molar-refractivity contribution in [1.29, 1.82) is 0 Å². The van der Waals surface area contributed by atoms with E-state index in [-0.39, 0.29) is 5.91 Å². The Morgan fingerprint density at radius 1 is 1.05 bits per heavy atom. The fraction of sp³-hybridized carbons (Fsp3) is 0.0625. The number of methoxy groups -OCH3 is 1. The topological polar surface area (TPSA) is 38.3 Å². The zero-order valence-corrected chi connectivity index (χ0v) is 12.4. The first kappa shape index (κ1) is 12.9. The Hall–Kier alpha value is -2.07. The number of amides is 1. The van der Waals surface area contributed by atoms with E-state index in [0.717, 1.165) is 27.1 Å². The lowest BCUT2D eigenvalue weighted by atomic mass is 10.1. The molecule has 0 fully saturated rings. The van der Waals surface area contributed by atoms with E-state index < -0.39 is 0 Å². The van der Waals surface area contributed by atoms with Gasteiger partial charge in [-0.3, -0.25) is 4.79 Å². The van der Waals surface area contributed by atoms with Crippen LogP contribution in [0.3, 0.4) is 0 Å². The second-order valence-corrected chi connectivity index (χ2v) is 5.21. The third-order valence-electron chi connectivity index (χ3n) is 3.24. The van der Waals surface area contributed by atoms with Crippen LogP contribution in [0.1, 0.15) is 21.5 Å². The van der Waals surface area contributed by atoms with Gasteiger partial charge in [-0.1, -0.05) is 30.3 Å². The molecule has 0 aliphatic carbocycles. The molecule has 20 heavy (non-hydrogen) atoms. The van der Waals surface area contributed by atoms with Gasteiger partial charge in [0.1, 0.15) is 5.75 Å². The molecule has 1 aliphatic rings. The van der Waals surface area contributed by atoms with Crippen molar-refractivity contribution >= 4 is 32.0 Å². The first-order chi connectivity index (χ1) is 9.70. The highest BCUT2D eigenvalue weighted by Gasteiger charge is 2.25. The molecular weight excluding hydrogens is 318 g/mol. The van der Waals surface area contributed by atoms with Crippen molar-refractivity contribution in [3.05, 3.63) is 65.2 Å². The number of rotatable bonds is 2. The van der Waals surface area contributed by atoms with Crippen molar-refractivity contribution in [1.82, 2.24) is 5.32 Å². The Morgan fingerprint density at radius 2 is 1.70 bits per heavy atom. The summed E-state index contributed by atoms with van der Waals surface area (Å²) in [5.41, 5.74) is 3.40. The summed E-state index contributed by atoms with van der Waals surface area (Å²) in [5.74, 6) is 0.732. The fourth-order valence-electron chi connectivity index (χ4n) is 2.20. The standard InChI is InChI=1S/C16H12BrNO2/c1-20-11-8-6-10(7-9-11)14(17)15-12-4-2-3-5-13(12)16(19)18-15/h2-9H,1H3,(H,18,19). The van der Waals surface area contributed by atoms with Crippen molar-refractivity contribution in [2.75, 3.05) is 7.11 Å². The highest BCUT2D eigenvalue weighted by molar-refractivity contribution is 9.15. The molecule has 100 valence electrons. The molecule has 1 N–H and O–H groups in total. The minimum absolute atomic E-state index is 0.0685. The first-order valence-corrected chi connectivity index (χ1v) is 6.95. The lowest BCUT2D eigenvalue weighted by Gasteiger charge is -2.07. The highest BCUT2D eigenvalue weighted by atomic mass is 79.9.